The third-order valence-electron chi connectivity index (χ3n) is 2.54. The van der Waals surface area contributed by atoms with Gasteiger partial charge in [0.15, 0.2) is 0 Å². The fourth-order valence-electron chi connectivity index (χ4n) is 1.55. The van der Waals surface area contributed by atoms with Crippen molar-refractivity contribution in [2.24, 2.45) is 11.7 Å². The van der Waals surface area contributed by atoms with E-state index >= 15 is 0 Å². The third-order valence-corrected chi connectivity index (χ3v) is 2.73. The van der Waals surface area contributed by atoms with Crippen LogP contribution < -0.4 is 5.73 Å². The highest BCUT2D eigenvalue weighted by Crippen LogP contribution is 2.12. The van der Waals surface area contributed by atoms with Crippen LogP contribution in [-0.4, -0.2) is 33.7 Å². The zero-order chi connectivity index (χ0) is 12.8. The van der Waals surface area contributed by atoms with Gasteiger partial charge in [-0.05, 0) is 18.8 Å². The Kier molecular flexibility index (Phi) is 5.50. The normalized spacial score (nSPS) is 11.1. The van der Waals surface area contributed by atoms with Gasteiger partial charge in [0.25, 0.3) is 0 Å². The molecule has 1 rings (SSSR count). The van der Waals surface area contributed by atoms with Gasteiger partial charge in [0.1, 0.15) is 10.7 Å². The van der Waals surface area contributed by atoms with E-state index in [-0.39, 0.29) is 0 Å². The van der Waals surface area contributed by atoms with E-state index < -0.39 is 0 Å². The Morgan fingerprint density at radius 3 is 2.76 bits per heavy atom. The molecule has 1 aromatic rings. The lowest BCUT2D eigenvalue weighted by Gasteiger charge is -2.08. The van der Waals surface area contributed by atoms with E-state index in [1.165, 1.54) is 0 Å². The summed E-state index contributed by atoms with van der Waals surface area (Å²) < 4.78 is 6.88. The molecule has 0 saturated heterocycles. The average molecular weight is 256 g/mol. The van der Waals surface area contributed by atoms with Crippen LogP contribution in [0.25, 0.3) is 0 Å². The quantitative estimate of drug-likeness (QED) is 0.741. The monoisotopic (exact) mass is 256 g/mol. The van der Waals surface area contributed by atoms with Gasteiger partial charge in [-0.2, -0.15) is 0 Å². The van der Waals surface area contributed by atoms with Gasteiger partial charge in [0.05, 0.1) is 18.8 Å². The summed E-state index contributed by atoms with van der Waals surface area (Å²) in [6.07, 6.45) is 1.96. The second-order valence-electron chi connectivity index (χ2n) is 4.40. The fraction of sp³-hybridized carbons (Fsp3) is 0.727. The van der Waals surface area contributed by atoms with E-state index in [0.717, 1.165) is 18.5 Å². The number of rotatable bonds is 7. The number of methoxy groups -OCH3 is 1. The van der Waals surface area contributed by atoms with Crippen molar-refractivity contribution in [1.29, 1.82) is 0 Å². The smallest absolute Gasteiger partial charge is 0.143 e. The van der Waals surface area contributed by atoms with Gasteiger partial charge < -0.3 is 10.5 Å². The van der Waals surface area contributed by atoms with Crippen molar-refractivity contribution in [3.8, 4) is 0 Å². The average Bonchev–Trinajstić information content (AvgIpc) is 2.66. The van der Waals surface area contributed by atoms with Gasteiger partial charge in [-0.15, -0.1) is 5.10 Å². The zero-order valence-corrected chi connectivity index (χ0v) is 11.5. The summed E-state index contributed by atoms with van der Waals surface area (Å²) in [5.74, 6) is 0.625. The Morgan fingerprint density at radius 2 is 2.24 bits per heavy atom. The Morgan fingerprint density at radius 1 is 1.53 bits per heavy atom. The number of ether oxygens (including phenoxy) is 1. The maximum absolute atomic E-state index is 5.65. The molecular formula is C11H20N4OS. The first-order valence-corrected chi connectivity index (χ1v) is 6.18. The van der Waals surface area contributed by atoms with Crippen molar-refractivity contribution in [2.45, 2.75) is 33.2 Å². The first-order valence-electron chi connectivity index (χ1n) is 5.77. The molecule has 1 heterocycles. The van der Waals surface area contributed by atoms with E-state index in [4.69, 9.17) is 22.7 Å². The molecule has 96 valence electrons. The summed E-state index contributed by atoms with van der Waals surface area (Å²) in [7, 11) is 1.67. The van der Waals surface area contributed by atoms with Crippen molar-refractivity contribution in [2.75, 3.05) is 13.7 Å². The van der Waals surface area contributed by atoms with Crippen molar-refractivity contribution in [1.82, 2.24) is 15.0 Å². The maximum atomic E-state index is 5.65. The molecule has 6 heteroatoms. The van der Waals surface area contributed by atoms with Gasteiger partial charge in [-0.25, -0.2) is 4.68 Å². The van der Waals surface area contributed by atoms with Crippen LogP contribution >= 0.6 is 12.2 Å². The van der Waals surface area contributed by atoms with Gasteiger partial charge in [-0.3, -0.25) is 0 Å². The first kappa shape index (κ1) is 14.1. The number of thiocarbonyl (C=S) groups is 1. The third kappa shape index (κ3) is 4.05. The van der Waals surface area contributed by atoms with E-state index in [1.54, 1.807) is 7.11 Å². The van der Waals surface area contributed by atoms with Crippen molar-refractivity contribution >= 4 is 17.2 Å². The maximum Gasteiger partial charge on any atom is 0.143 e. The predicted molar refractivity (Wildman–Crippen MR) is 70.9 cm³/mol. The molecule has 0 aliphatic heterocycles. The second-order valence-corrected chi connectivity index (χ2v) is 4.84. The summed E-state index contributed by atoms with van der Waals surface area (Å²) in [5, 5.41) is 8.11. The zero-order valence-electron chi connectivity index (χ0n) is 10.6. The van der Waals surface area contributed by atoms with Crippen molar-refractivity contribution in [3.63, 3.8) is 0 Å². The topological polar surface area (TPSA) is 66.0 Å². The fourth-order valence-corrected chi connectivity index (χ4v) is 1.71. The molecular weight excluding hydrogens is 236 g/mol. The van der Waals surface area contributed by atoms with Crippen LogP contribution in [-0.2, 0) is 17.7 Å². The summed E-state index contributed by atoms with van der Waals surface area (Å²) >= 11 is 4.99. The van der Waals surface area contributed by atoms with Crippen LogP contribution in [0, 0.1) is 5.92 Å². The van der Waals surface area contributed by atoms with Crippen LogP contribution in [0.15, 0.2) is 0 Å². The van der Waals surface area contributed by atoms with E-state index in [1.807, 2.05) is 4.68 Å². The molecule has 2 N–H and O–H groups in total. The van der Waals surface area contributed by atoms with Crippen molar-refractivity contribution in [3.05, 3.63) is 11.4 Å². The lowest BCUT2D eigenvalue weighted by Crippen LogP contribution is -2.16. The molecule has 0 unspecified atom stereocenters. The molecule has 0 aromatic carbocycles. The standard InChI is InChI=1S/C11H20N4OS/c1-8(2)4-5-9-10(11(12)17)13-14-15(9)6-7-16-3/h8H,4-7H2,1-3H3,(H2,12,17). The molecule has 0 radical (unpaired) electrons. The van der Waals surface area contributed by atoms with Crippen LogP contribution in [0.4, 0.5) is 0 Å². The predicted octanol–water partition coefficient (Wildman–Crippen LogP) is 1.15. The summed E-state index contributed by atoms with van der Waals surface area (Å²) in [5.41, 5.74) is 7.31. The minimum atomic E-state index is 0.312. The van der Waals surface area contributed by atoms with E-state index in [2.05, 4.69) is 24.2 Å². The Bertz CT molecular complexity index is 376. The molecule has 17 heavy (non-hydrogen) atoms. The van der Waals surface area contributed by atoms with Crippen LogP contribution in [0.3, 0.4) is 0 Å². The number of hydrogen-bond donors (Lipinski definition) is 1. The van der Waals surface area contributed by atoms with Crippen LogP contribution in [0.1, 0.15) is 31.7 Å². The van der Waals surface area contributed by atoms with E-state index in [9.17, 15) is 0 Å². The largest absolute Gasteiger partial charge is 0.388 e. The van der Waals surface area contributed by atoms with Gasteiger partial charge >= 0.3 is 0 Å². The Hall–Kier alpha value is -1.01. The molecule has 5 nitrogen and oxygen atoms in total. The molecule has 1 aromatic heterocycles. The second kappa shape index (κ2) is 6.66. The lowest BCUT2D eigenvalue weighted by atomic mass is 10.1. The molecule has 0 atom stereocenters. The minimum Gasteiger partial charge on any atom is -0.388 e. The highest BCUT2D eigenvalue weighted by Gasteiger charge is 2.15. The first-order chi connectivity index (χ1) is 8.06. The van der Waals surface area contributed by atoms with Gasteiger partial charge in [-0.1, -0.05) is 31.3 Å². The lowest BCUT2D eigenvalue weighted by molar-refractivity contribution is 0.181. The summed E-state index contributed by atoms with van der Waals surface area (Å²) in [4.78, 5) is 0.312. The molecule has 0 saturated carbocycles. The number of aromatic nitrogens is 3. The molecule has 0 bridgehead atoms. The highest BCUT2D eigenvalue weighted by molar-refractivity contribution is 7.80. The van der Waals surface area contributed by atoms with Crippen LogP contribution in [0.5, 0.6) is 0 Å². The van der Waals surface area contributed by atoms with Gasteiger partial charge in [0, 0.05) is 7.11 Å². The molecule has 0 fully saturated rings. The van der Waals surface area contributed by atoms with Crippen molar-refractivity contribution < 1.29 is 4.74 Å². The Labute approximate surface area is 107 Å². The highest BCUT2D eigenvalue weighted by atomic mass is 32.1. The minimum absolute atomic E-state index is 0.312. The SMILES string of the molecule is COCCn1nnc(C(N)=S)c1CCC(C)C. The van der Waals surface area contributed by atoms with E-state index in [0.29, 0.717) is 29.8 Å². The molecule has 0 aliphatic carbocycles. The summed E-state index contributed by atoms with van der Waals surface area (Å²) in [6, 6.07) is 0. The molecule has 0 amide bonds. The number of nitrogens with two attached hydrogens (primary N) is 1. The number of hydrogen-bond acceptors (Lipinski definition) is 4. The van der Waals surface area contributed by atoms with Gasteiger partial charge in [0.2, 0.25) is 0 Å². The Balaban J connectivity index is 2.85. The summed E-state index contributed by atoms with van der Waals surface area (Å²) in [6.45, 7) is 5.65. The molecule has 0 spiro atoms. The molecule has 0 aliphatic rings. The number of nitrogens with zero attached hydrogens (tertiary/aromatic N) is 3. The van der Waals surface area contributed by atoms with Crippen LogP contribution in [0.2, 0.25) is 0 Å².